The first-order valence-electron chi connectivity index (χ1n) is 11.5. The number of aromatic nitrogens is 4. The van der Waals surface area contributed by atoms with Crippen LogP contribution >= 0.6 is 24.8 Å². The lowest BCUT2D eigenvalue weighted by atomic mass is 10.0. The van der Waals surface area contributed by atoms with E-state index in [-0.39, 0.29) is 36.9 Å². The Bertz CT molecular complexity index is 1400. The second-order valence-corrected chi connectivity index (χ2v) is 9.92. The molecule has 4 heterocycles. The van der Waals surface area contributed by atoms with Crippen LogP contribution in [0, 0.1) is 0 Å². The van der Waals surface area contributed by atoms with E-state index < -0.39 is 17.8 Å². The van der Waals surface area contributed by atoms with E-state index in [1.165, 1.54) is 22.7 Å². The molecule has 11 heteroatoms. The lowest BCUT2D eigenvalue weighted by Gasteiger charge is -2.31. The molecule has 0 radical (unpaired) electrons. The van der Waals surface area contributed by atoms with Crippen LogP contribution in [0.4, 0.5) is 13.2 Å². The second kappa shape index (κ2) is 9.45. The Labute approximate surface area is 218 Å². The number of rotatable bonds is 4. The topological polar surface area (TPSA) is 72.3 Å². The predicted octanol–water partition coefficient (Wildman–Crippen LogP) is 5.69. The first-order valence-corrected chi connectivity index (χ1v) is 11.5. The standard InChI is InChI=1S/C25H25F3N6.2ClH/c1-24(29)11-12-33(14-24)22(25(26,27)28)17-8-10-20-31-32-23(34(20)13-17)19-9-7-16-3-2-4-18(15-5-6-15)21(16)30-19;;/h2-4,7-10,13,15,22H,5-6,11-12,14,29H2,1H3;2*1H/t22-,24+;;/m0../s1. The van der Waals surface area contributed by atoms with E-state index in [0.29, 0.717) is 36.0 Å². The van der Waals surface area contributed by atoms with Crippen molar-refractivity contribution in [2.45, 2.75) is 49.9 Å². The number of hydrogen-bond donors (Lipinski definition) is 1. The number of nitrogens with two attached hydrogens (primary N) is 1. The molecule has 192 valence electrons. The Morgan fingerprint density at radius 3 is 2.50 bits per heavy atom. The third-order valence-electron chi connectivity index (χ3n) is 6.95. The zero-order valence-corrected chi connectivity index (χ0v) is 21.2. The van der Waals surface area contributed by atoms with Gasteiger partial charge in [-0.05, 0) is 55.4 Å². The second-order valence-electron chi connectivity index (χ2n) is 9.92. The number of alkyl halides is 3. The lowest BCUT2D eigenvalue weighted by molar-refractivity contribution is -0.184. The van der Waals surface area contributed by atoms with Gasteiger partial charge in [-0.15, -0.1) is 35.0 Å². The number of hydrogen-bond acceptors (Lipinski definition) is 5. The molecule has 4 aromatic rings. The highest BCUT2D eigenvalue weighted by Gasteiger charge is 2.48. The van der Waals surface area contributed by atoms with Gasteiger partial charge in [0.2, 0.25) is 0 Å². The summed E-state index contributed by atoms with van der Waals surface area (Å²) in [6, 6.07) is 11.3. The van der Waals surface area contributed by atoms with E-state index in [2.05, 4.69) is 16.3 Å². The fourth-order valence-electron chi connectivity index (χ4n) is 5.11. The predicted molar refractivity (Wildman–Crippen MR) is 138 cm³/mol. The van der Waals surface area contributed by atoms with Crippen LogP contribution in [0.25, 0.3) is 28.1 Å². The third kappa shape index (κ3) is 4.77. The number of para-hydroxylation sites is 1. The molecule has 6 nitrogen and oxygen atoms in total. The highest BCUT2D eigenvalue weighted by molar-refractivity contribution is 5.86. The average Bonchev–Trinajstić information content (AvgIpc) is 3.45. The van der Waals surface area contributed by atoms with E-state index in [4.69, 9.17) is 10.7 Å². The van der Waals surface area contributed by atoms with Gasteiger partial charge < -0.3 is 5.73 Å². The lowest BCUT2D eigenvalue weighted by Crippen LogP contribution is -2.43. The molecule has 1 aliphatic carbocycles. The third-order valence-corrected chi connectivity index (χ3v) is 6.95. The van der Waals surface area contributed by atoms with Gasteiger partial charge in [-0.1, -0.05) is 30.3 Å². The quantitative estimate of drug-likeness (QED) is 0.361. The average molecular weight is 539 g/mol. The number of pyridine rings is 2. The molecule has 1 saturated heterocycles. The molecule has 0 spiro atoms. The molecule has 0 unspecified atom stereocenters. The molecule has 0 bridgehead atoms. The Balaban J connectivity index is 0.00000152. The van der Waals surface area contributed by atoms with Gasteiger partial charge >= 0.3 is 6.18 Å². The van der Waals surface area contributed by atoms with Crippen LogP contribution < -0.4 is 5.73 Å². The minimum absolute atomic E-state index is 0. The number of nitrogens with zero attached hydrogens (tertiary/aromatic N) is 5. The van der Waals surface area contributed by atoms with Gasteiger partial charge in [-0.3, -0.25) is 9.30 Å². The molecule has 2 atom stereocenters. The summed E-state index contributed by atoms with van der Waals surface area (Å²) in [7, 11) is 0. The van der Waals surface area contributed by atoms with Crippen molar-refractivity contribution in [1.82, 2.24) is 24.5 Å². The summed E-state index contributed by atoms with van der Waals surface area (Å²) in [6.45, 7) is 2.27. The van der Waals surface area contributed by atoms with Gasteiger partial charge in [0.15, 0.2) is 11.5 Å². The maximum atomic E-state index is 14.2. The number of halogens is 5. The Morgan fingerprint density at radius 2 is 1.83 bits per heavy atom. The molecule has 2 fully saturated rings. The van der Waals surface area contributed by atoms with Gasteiger partial charge in [0, 0.05) is 30.2 Å². The van der Waals surface area contributed by atoms with E-state index in [1.54, 1.807) is 17.4 Å². The first-order chi connectivity index (χ1) is 16.2. The van der Waals surface area contributed by atoms with Gasteiger partial charge in [0.25, 0.3) is 0 Å². The zero-order valence-electron chi connectivity index (χ0n) is 19.6. The normalized spacial score (nSPS) is 21.4. The Kier molecular flexibility index (Phi) is 6.98. The van der Waals surface area contributed by atoms with Crippen molar-refractivity contribution >= 4 is 41.4 Å². The molecule has 2 aliphatic rings. The van der Waals surface area contributed by atoms with Crippen LogP contribution in [0.2, 0.25) is 0 Å². The molecule has 1 saturated carbocycles. The molecule has 2 N–H and O–H groups in total. The van der Waals surface area contributed by atoms with Crippen LogP contribution in [0.5, 0.6) is 0 Å². The van der Waals surface area contributed by atoms with Crippen molar-refractivity contribution in [3.05, 3.63) is 59.8 Å². The van der Waals surface area contributed by atoms with Crippen LogP contribution in [-0.4, -0.2) is 49.3 Å². The van der Waals surface area contributed by atoms with Crippen molar-refractivity contribution in [3.63, 3.8) is 0 Å². The van der Waals surface area contributed by atoms with E-state index in [0.717, 1.165) is 23.7 Å². The maximum absolute atomic E-state index is 14.2. The van der Waals surface area contributed by atoms with Gasteiger partial charge in [-0.2, -0.15) is 13.2 Å². The Morgan fingerprint density at radius 1 is 1.06 bits per heavy atom. The summed E-state index contributed by atoms with van der Waals surface area (Å²) in [5, 5.41) is 9.51. The van der Waals surface area contributed by atoms with Crippen molar-refractivity contribution in [1.29, 1.82) is 0 Å². The summed E-state index contributed by atoms with van der Waals surface area (Å²) in [5.74, 6) is 0.949. The van der Waals surface area contributed by atoms with Crippen molar-refractivity contribution in [3.8, 4) is 11.5 Å². The summed E-state index contributed by atoms with van der Waals surface area (Å²) < 4.78 is 44.3. The SMILES string of the molecule is C[C@@]1(N)CCN([C@@H](c2ccc3nnc(-c4ccc5cccc(C6CC6)c5n4)n3c2)C(F)(F)F)C1.Cl.Cl. The fraction of sp³-hybridized carbons (Fsp3) is 0.400. The van der Waals surface area contributed by atoms with E-state index >= 15 is 0 Å². The van der Waals surface area contributed by atoms with E-state index in [1.807, 2.05) is 24.3 Å². The molecule has 1 aliphatic heterocycles. The maximum Gasteiger partial charge on any atom is 0.408 e. The molecule has 3 aromatic heterocycles. The highest BCUT2D eigenvalue weighted by atomic mass is 35.5. The monoisotopic (exact) mass is 538 g/mol. The molecular formula is C25H27Cl2F3N6. The Hall–Kier alpha value is -2.46. The molecule has 0 amide bonds. The van der Waals surface area contributed by atoms with Gasteiger partial charge in [0.1, 0.15) is 11.7 Å². The van der Waals surface area contributed by atoms with Crippen molar-refractivity contribution in [2.24, 2.45) is 5.73 Å². The van der Waals surface area contributed by atoms with Crippen molar-refractivity contribution < 1.29 is 13.2 Å². The van der Waals surface area contributed by atoms with Crippen LogP contribution in [-0.2, 0) is 0 Å². The summed E-state index contributed by atoms with van der Waals surface area (Å²) >= 11 is 0. The van der Waals surface area contributed by atoms with Gasteiger partial charge in [0.05, 0.1) is 5.52 Å². The minimum Gasteiger partial charge on any atom is -0.324 e. The zero-order chi connectivity index (χ0) is 23.7. The molecule has 1 aromatic carbocycles. The fourth-order valence-corrected chi connectivity index (χ4v) is 5.11. The largest absolute Gasteiger partial charge is 0.408 e. The van der Waals surface area contributed by atoms with Gasteiger partial charge in [-0.25, -0.2) is 4.98 Å². The van der Waals surface area contributed by atoms with E-state index in [9.17, 15) is 13.2 Å². The molecular weight excluding hydrogens is 512 g/mol. The minimum atomic E-state index is -4.44. The summed E-state index contributed by atoms with van der Waals surface area (Å²) in [4.78, 5) is 6.29. The summed E-state index contributed by atoms with van der Waals surface area (Å²) in [6.07, 6.45) is -0.126. The van der Waals surface area contributed by atoms with Crippen LogP contribution in [0.3, 0.4) is 0 Å². The summed E-state index contributed by atoms with van der Waals surface area (Å²) in [5.41, 5.74) is 8.84. The number of benzene rings is 1. The van der Waals surface area contributed by atoms with Crippen LogP contribution in [0.15, 0.2) is 48.7 Å². The van der Waals surface area contributed by atoms with Crippen LogP contribution in [0.1, 0.15) is 49.3 Å². The smallest absolute Gasteiger partial charge is 0.324 e. The number of fused-ring (bicyclic) bond motifs is 2. The first kappa shape index (κ1) is 26.6. The number of likely N-dealkylation sites (tertiary alicyclic amines) is 1. The molecule has 6 rings (SSSR count). The highest BCUT2D eigenvalue weighted by Crippen LogP contribution is 2.43. The molecule has 36 heavy (non-hydrogen) atoms. The van der Waals surface area contributed by atoms with Crippen molar-refractivity contribution in [2.75, 3.05) is 13.1 Å².